The number of unbranched alkanes of at least 4 members (excludes halogenated alkanes) is 15. The van der Waals surface area contributed by atoms with Crippen LogP contribution in [0, 0.1) is 0 Å². The van der Waals surface area contributed by atoms with E-state index >= 15 is 0 Å². The number of hydrogen-bond donors (Lipinski definition) is 1. The number of ether oxygens (including phenoxy) is 1. The van der Waals surface area contributed by atoms with E-state index in [2.05, 4.69) is 11.7 Å². The second-order valence-electron chi connectivity index (χ2n) is 8.15. The van der Waals surface area contributed by atoms with Gasteiger partial charge in [0.1, 0.15) is 0 Å². The number of hydrogen-bond acceptors (Lipinski definition) is 3. The summed E-state index contributed by atoms with van der Waals surface area (Å²) in [7, 11) is 0. The minimum absolute atomic E-state index is 0.149. The van der Waals surface area contributed by atoms with E-state index in [1.54, 1.807) is 0 Å². The molecule has 0 radical (unpaired) electrons. The first-order valence-corrected chi connectivity index (χ1v) is 11.5. The fourth-order valence-corrected chi connectivity index (χ4v) is 3.31. The zero-order valence-electron chi connectivity index (χ0n) is 18.6. The molecule has 0 fully saturated rings. The van der Waals surface area contributed by atoms with Crippen LogP contribution in [0.5, 0.6) is 0 Å². The summed E-state index contributed by atoms with van der Waals surface area (Å²) in [5.74, 6) is -2.73. The molecule has 0 aliphatic heterocycles. The van der Waals surface area contributed by atoms with Gasteiger partial charge in [-0.1, -0.05) is 103 Å². The van der Waals surface area contributed by atoms with Gasteiger partial charge in [-0.3, -0.25) is 0 Å². The highest BCUT2D eigenvalue weighted by Gasteiger charge is 2.76. The number of halogens is 6. The highest BCUT2D eigenvalue weighted by Crippen LogP contribution is 2.43. The van der Waals surface area contributed by atoms with Gasteiger partial charge in [0.05, 0.1) is 6.61 Å². The Morgan fingerprint density at radius 1 is 0.613 bits per heavy atom. The molecule has 0 unspecified atom stereocenters. The normalized spacial score (nSPS) is 12.9. The molecule has 0 aromatic carbocycles. The van der Waals surface area contributed by atoms with Crippen LogP contribution in [-0.2, 0) is 9.53 Å². The molecule has 0 atom stereocenters. The van der Waals surface area contributed by atoms with E-state index in [9.17, 15) is 31.1 Å². The molecule has 0 bridgehead atoms. The number of aliphatic hydroxyl groups is 1. The van der Waals surface area contributed by atoms with Crippen molar-refractivity contribution in [3.05, 3.63) is 0 Å². The minimum Gasteiger partial charge on any atom is -0.463 e. The second-order valence-corrected chi connectivity index (χ2v) is 8.15. The molecule has 0 aromatic rings. The molecule has 3 nitrogen and oxygen atoms in total. The van der Waals surface area contributed by atoms with Crippen LogP contribution in [0.15, 0.2) is 0 Å². The molecule has 0 heterocycles. The van der Waals surface area contributed by atoms with E-state index in [0.717, 1.165) is 25.7 Å². The lowest BCUT2D eigenvalue weighted by molar-refractivity contribution is -0.356. The summed E-state index contributed by atoms with van der Waals surface area (Å²) < 4.78 is 79.1. The maximum atomic E-state index is 12.5. The van der Waals surface area contributed by atoms with Crippen molar-refractivity contribution in [1.82, 2.24) is 0 Å². The largest absolute Gasteiger partial charge is 0.463 e. The van der Waals surface area contributed by atoms with Crippen LogP contribution in [-0.4, -0.2) is 35.6 Å². The monoisotopic (exact) mass is 464 g/mol. The average Bonchev–Trinajstić information content (AvgIpc) is 2.67. The van der Waals surface area contributed by atoms with Gasteiger partial charge in [-0.25, -0.2) is 4.79 Å². The SMILES string of the molecule is CCCCCCCCCCCCCCCCCCOC(=O)C(O)(C(F)(F)F)C(F)(F)F. The maximum absolute atomic E-state index is 12.5. The van der Waals surface area contributed by atoms with Crippen molar-refractivity contribution < 1.29 is 41.0 Å². The highest BCUT2D eigenvalue weighted by atomic mass is 19.4. The molecule has 186 valence electrons. The molecular weight excluding hydrogens is 426 g/mol. The van der Waals surface area contributed by atoms with E-state index in [0.29, 0.717) is 6.42 Å². The van der Waals surface area contributed by atoms with Gasteiger partial charge in [-0.05, 0) is 6.42 Å². The van der Waals surface area contributed by atoms with E-state index in [-0.39, 0.29) is 6.42 Å². The highest BCUT2D eigenvalue weighted by molar-refractivity contribution is 5.81. The predicted octanol–water partition coefficient (Wildman–Crippen LogP) is 7.65. The first-order chi connectivity index (χ1) is 14.5. The third-order valence-electron chi connectivity index (χ3n) is 5.35. The Labute approximate surface area is 181 Å². The Morgan fingerprint density at radius 2 is 0.903 bits per heavy atom. The predicted molar refractivity (Wildman–Crippen MR) is 108 cm³/mol. The Bertz CT molecular complexity index is 449. The number of esters is 1. The van der Waals surface area contributed by atoms with Crippen molar-refractivity contribution in [2.75, 3.05) is 6.61 Å². The van der Waals surface area contributed by atoms with Crippen LogP contribution in [0.1, 0.15) is 110 Å². The molecule has 0 aliphatic rings. The van der Waals surface area contributed by atoms with Gasteiger partial charge < -0.3 is 9.84 Å². The summed E-state index contributed by atoms with van der Waals surface area (Å²) in [4.78, 5) is 11.2. The van der Waals surface area contributed by atoms with Crippen LogP contribution in [0.4, 0.5) is 26.3 Å². The van der Waals surface area contributed by atoms with Crippen LogP contribution < -0.4 is 0 Å². The molecular formula is C22H38F6O3. The number of alkyl halides is 6. The third-order valence-corrected chi connectivity index (χ3v) is 5.35. The zero-order valence-corrected chi connectivity index (χ0v) is 18.6. The number of carbonyl (C=O) groups is 1. The third kappa shape index (κ3) is 12.0. The van der Waals surface area contributed by atoms with E-state index < -0.39 is 30.5 Å². The molecule has 9 heteroatoms. The quantitative estimate of drug-likeness (QED) is 0.129. The first kappa shape index (κ1) is 30.0. The average molecular weight is 465 g/mol. The van der Waals surface area contributed by atoms with Gasteiger partial charge >= 0.3 is 23.9 Å². The maximum Gasteiger partial charge on any atom is 0.437 e. The molecule has 31 heavy (non-hydrogen) atoms. The Kier molecular flexibility index (Phi) is 15.3. The summed E-state index contributed by atoms with van der Waals surface area (Å²) in [6, 6.07) is 0. The molecule has 0 amide bonds. The van der Waals surface area contributed by atoms with Gasteiger partial charge in [0.2, 0.25) is 0 Å². The van der Waals surface area contributed by atoms with Gasteiger partial charge in [-0.2, -0.15) is 26.3 Å². The lowest BCUT2D eigenvalue weighted by Gasteiger charge is -2.29. The minimum atomic E-state index is -6.20. The van der Waals surface area contributed by atoms with Gasteiger partial charge in [0, 0.05) is 0 Å². The van der Waals surface area contributed by atoms with Crippen LogP contribution in [0.3, 0.4) is 0 Å². The van der Waals surface area contributed by atoms with Gasteiger partial charge in [0.15, 0.2) is 0 Å². The van der Waals surface area contributed by atoms with Crippen molar-refractivity contribution >= 4 is 5.97 Å². The zero-order chi connectivity index (χ0) is 23.8. The van der Waals surface area contributed by atoms with E-state index in [4.69, 9.17) is 5.11 Å². The molecule has 0 saturated carbocycles. The summed E-state index contributed by atoms with van der Waals surface area (Å²) in [5, 5.41) is 8.86. The fraction of sp³-hybridized carbons (Fsp3) is 0.955. The molecule has 0 aromatic heterocycles. The molecule has 0 spiro atoms. The van der Waals surface area contributed by atoms with Crippen molar-refractivity contribution in [3.63, 3.8) is 0 Å². The molecule has 0 rings (SSSR count). The fourth-order valence-electron chi connectivity index (χ4n) is 3.31. The summed E-state index contributed by atoms with van der Waals surface area (Å²) >= 11 is 0. The van der Waals surface area contributed by atoms with Crippen molar-refractivity contribution in [2.45, 2.75) is 128 Å². The van der Waals surface area contributed by atoms with Crippen molar-refractivity contribution in [2.24, 2.45) is 0 Å². The van der Waals surface area contributed by atoms with Crippen molar-refractivity contribution in [3.8, 4) is 0 Å². The van der Waals surface area contributed by atoms with E-state index in [1.165, 1.54) is 64.2 Å². The van der Waals surface area contributed by atoms with Gasteiger partial charge in [0.25, 0.3) is 0 Å². The van der Waals surface area contributed by atoms with E-state index in [1.807, 2.05) is 0 Å². The number of carbonyl (C=O) groups excluding carboxylic acids is 1. The van der Waals surface area contributed by atoms with Crippen LogP contribution in [0.25, 0.3) is 0 Å². The molecule has 0 saturated heterocycles. The lowest BCUT2D eigenvalue weighted by Crippen LogP contribution is -2.63. The van der Waals surface area contributed by atoms with Crippen molar-refractivity contribution in [1.29, 1.82) is 0 Å². The Balaban J connectivity index is 3.65. The smallest absolute Gasteiger partial charge is 0.437 e. The standard InChI is InChI=1S/C22H38F6O3/c1-2-3-4-5-6-7-8-9-10-11-12-13-14-15-16-17-18-31-19(29)20(30,21(23,24)25)22(26,27)28/h30H,2-18H2,1H3. The summed E-state index contributed by atoms with van der Waals surface area (Å²) in [6.07, 6.45) is 4.89. The Hall–Kier alpha value is -0.990. The first-order valence-electron chi connectivity index (χ1n) is 11.5. The van der Waals surface area contributed by atoms with Gasteiger partial charge in [-0.15, -0.1) is 0 Å². The van der Waals surface area contributed by atoms with Crippen LogP contribution in [0.2, 0.25) is 0 Å². The second kappa shape index (κ2) is 15.8. The molecule has 1 N–H and O–H groups in total. The summed E-state index contributed by atoms with van der Waals surface area (Å²) in [5.41, 5.74) is -5.49. The lowest BCUT2D eigenvalue weighted by atomic mass is 10.0. The summed E-state index contributed by atoms with van der Waals surface area (Å²) in [6.45, 7) is 1.62. The molecule has 0 aliphatic carbocycles. The topological polar surface area (TPSA) is 46.5 Å². The Morgan fingerprint density at radius 3 is 1.19 bits per heavy atom. The van der Waals surface area contributed by atoms with Crippen LogP contribution >= 0.6 is 0 Å². The number of rotatable bonds is 18.